The first-order valence-corrected chi connectivity index (χ1v) is 20.0. The van der Waals surface area contributed by atoms with E-state index < -0.39 is 28.2 Å². The molecular weight excluding hydrogens is 684 g/mol. The normalized spacial score (nSPS) is 16.7. The fourth-order valence-corrected chi connectivity index (χ4v) is 7.97. The van der Waals surface area contributed by atoms with Crippen LogP contribution < -0.4 is 0 Å². The number of ether oxygens (including phenoxy) is 2. The molecule has 2 saturated heterocycles. The van der Waals surface area contributed by atoms with Crippen molar-refractivity contribution in [1.29, 1.82) is 0 Å². The summed E-state index contributed by atoms with van der Waals surface area (Å²) in [5, 5.41) is 8.49. The zero-order valence-electron chi connectivity index (χ0n) is 32.7. The van der Waals surface area contributed by atoms with Crippen LogP contribution in [0.2, 0.25) is 0 Å². The maximum Gasteiger partial charge on any atom is 0.410 e. The molecule has 0 atom stereocenters. The Bertz CT molecular complexity index is 1460. The van der Waals surface area contributed by atoms with Gasteiger partial charge in [-0.1, -0.05) is 0 Å². The number of hydrogen-bond acceptors (Lipinski definition) is 9. The number of amides is 2. The number of nitrogens with zero attached hydrogens (tertiary/aromatic N) is 6. The van der Waals surface area contributed by atoms with Crippen LogP contribution in [0.25, 0.3) is 0 Å². The minimum atomic E-state index is -3.36. The number of rotatable bonds is 8. The first kappa shape index (κ1) is 41.6. The van der Waals surface area contributed by atoms with E-state index >= 15 is 0 Å². The molecule has 15 heteroatoms. The van der Waals surface area contributed by atoms with Gasteiger partial charge in [-0.3, -0.25) is 13.8 Å². The van der Waals surface area contributed by atoms with Crippen LogP contribution in [-0.2, 0) is 19.3 Å². The summed E-state index contributed by atoms with van der Waals surface area (Å²) in [6, 6.07) is 0.530. The molecule has 2 fully saturated rings. The molecule has 0 saturated carbocycles. The van der Waals surface area contributed by atoms with Crippen molar-refractivity contribution >= 4 is 33.8 Å². The number of alkyl halides is 1. The van der Waals surface area contributed by atoms with Crippen LogP contribution >= 0.6 is 11.8 Å². The Morgan fingerprint density at radius 1 is 0.840 bits per heavy atom. The summed E-state index contributed by atoms with van der Waals surface area (Å²) in [5.41, 5.74) is -0.936. The summed E-state index contributed by atoms with van der Waals surface area (Å²) in [6.07, 6.45) is 9.99. The van der Waals surface area contributed by atoms with Crippen LogP contribution in [0.4, 0.5) is 14.0 Å². The molecule has 2 aliphatic heterocycles. The van der Waals surface area contributed by atoms with Gasteiger partial charge >= 0.3 is 12.2 Å². The van der Waals surface area contributed by atoms with E-state index in [1.165, 1.54) is 11.1 Å². The summed E-state index contributed by atoms with van der Waals surface area (Å²) >= 11 is 1.87. The minimum Gasteiger partial charge on any atom is -0.444 e. The van der Waals surface area contributed by atoms with E-state index in [-0.39, 0.29) is 34.8 Å². The molecule has 0 radical (unpaired) electrons. The van der Waals surface area contributed by atoms with E-state index in [2.05, 4.69) is 30.2 Å². The first-order valence-electron chi connectivity index (χ1n) is 18.1. The fourth-order valence-electron chi connectivity index (χ4n) is 5.28. The summed E-state index contributed by atoms with van der Waals surface area (Å²) in [6.45, 7) is 22.1. The van der Waals surface area contributed by atoms with Gasteiger partial charge in [-0.15, -0.1) is 11.8 Å². The number of hydrogen-bond donors (Lipinski definition) is 0. The van der Waals surface area contributed by atoms with Crippen molar-refractivity contribution < 1.29 is 33.2 Å². The van der Waals surface area contributed by atoms with Gasteiger partial charge in [0.15, 0.2) is 9.84 Å². The van der Waals surface area contributed by atoms with Crippen LogP contribution in [0, 0.1) is 11.8 Å². The third-order valence-corrected chi connectivity index (χ3v) is 11.1. The standard InChI is InChI=1S/C17H29N3O4S.C17H29N3O2S.CH3F/c1-13(2)20-11-15(10-18-20)25(22,23)12-14-6-8-19(9-7-14)16(21)24-17(3,4)5;1-13(2)20-11-15(10-18-20)23-12-14-6-8-19(9-7-14)16(21)22-17(3,4)5;1-2/h10-11,13-14H,6-9,12H2,1-5H3;10-11,13-14H,6-9,12H2,1-5H3;1H3/i;;1D. The molecule has 4 heterocycles. The Labute approximate surface area is 305 Å². The van der Waals surface area contributed by atoms with E-state index in [0.717, 1.165) is 31.7 Å². The molecule has 0 bridgehead atoms. The lowest BCUT2D eigenvalue weighted by molar-refractivity contribution is 0.0180. The second-order valence-electron chi connectivity index (χ2n) is 15.4. The molecule has 0 unspecified atom stereocenters. The molecule has 2 aromatic heterocycles. The van der Waals surface area contributed by atoms with Crippen LogP contribution in [0.1, 0.15) is 108 Å². The second-order valence-corrected chi connectivity index (χ2v) is 18.5. The maximum atomic E-state index is 12.6. The lowest BCUT2D eigenvalue weighted by Gasteiger charge is -2.33. The molecule has 2 amide bonds. The fraction of sp³-hybridized carbons (Fsp3) is 0.771. The molecule has 0 N–H and O–H groups in total. The average Bonchev–Trinajstić information content (AvgIpc) is 3.71. The van der Waals surface area contributed by atoms with E-state index in [0.29, 0.717) is 37.9 Å². The van der Waals surface area contributed by atoms with Crippen LogP contribution in [0.3, 0.4) is 0 Å². The number of thioether (sulfide) groups is 1. The summed E-state index contributed by atoms with van der Waals surface area (Å²) in [7, 11) is -4.36. The number of carbonyl (C=O) groups is 2. The highest BCUT2D eigenvalue weighted by Crippen LogP contribution is 2.28. The van der Waals surface area contributed by atoms with Gasteiger partial charge in [-0.25, -0.2) is 18.0 Å². The topological polar surface area (TPSA) is 129 Å². The number of likely N-dealkylation sites (tertiary alicyclic amines) is 2. The molecule has 2 aromatic rings. The molecule has 2 aliphatic rings. The zero-order chi connectivity index (χ0) is 38.6. The molecule has 4 rings (SSSR count). The van der Waals surface area contributed by atoms with Crippen molar-refractivity contribution in [2.45, 2.75) is 128 Å². The Balaban J connectivity index is 0.000000329. The lowest BCUT2D eigenvalue weighted by atomic mass is 9.99. The highest BCUT2D eigenvalue weighted by atomic mass is 32.2. The van der Waals surface area contributed by atoms with Gasteiger partial charge in [-0.2, -0.15) is 10.2 Å². The lowest BCUT2D eigenvalue weighted by Crippen LogP contribution is -2.42. The quantitative estimate of drug-likeness (QED) is 0.250. The number of sulfone groups is 1. The van der Waals surface area contributed by atoms with Crippen molar-refractivity contribution in [3.05, 3.63) is 24.8 Å². The Kier molecular flexibility index (Phi) is 15.9. The summed E-state index contributed by atoms with van der Waals surface area (Å²) < 4.78 is 55.1. The molecule has 12 nitrogen and oxygen atoms in total. The maximum absolute atomic E-state index is 12.6. The van der Waals surface area contributed by atoms with Crippen molar-refractivity contribution in [3.8, 4) is 0 Å². The van der Waals surface area contributed by atoms with Crippen molar-refractivity contribution in [1.82, 2.24) is 29.4 Å². The average molecular weight is 746 g/mol. The molecule has 0 spiro atoms. The molecule has 286 valence electrons. The Hall–Kier alpha value is -2.81. The Morgan fingerprint density at radius 2 is 1.26 bits per heavy atom. The van der Waals surface area contributed by atoms with Gasteiger partial charge in [0.25, 0.3) is 0 Å². The van der Waals surface area contributed by atoms with E-state index in [1.54, 1.807) is 15.8 Å². The molecule has 0 aromatic carbocycles. The van der Waals surface area contributed by atoms with Gasteiger partial charge in [-0.05, 0) is 107 Å². The van der Waals surface area contributed by atoms with E-state index in [9.17, 15) is 22.4 Å². The van der Waals surface area contributed by atoms with Crippen LogP contribution in [0.15, 0.2) is 34.6 Å². The number of aromatic nitrogens is 4. The molecular formula is C35H61FN6O6S2. The van der Waals surface area contributed by atoms with Gasteiger partial charge in [0, 0.05) is 61.3 Å². The van der Waals surface area contributed by atoms with Gasteiger partial charge in [0.05, 0.1) is 26.7 Å². The van der Waals surface area contributed by atoms with E-state index in [4.69, 9.17) is 10.8 Å². The van der Waals surface area contributed by atoms with Crippen molar-refractivity contribution in [2.75, 3.05) is 44.8 Å². The van der Waals surface area contributed by atoms with Crippen LogP contribution in [-0.4, -0.2) is 106 Å². The third kappa shape index (κ3) is 14.8. The van der Waals surface area contributed by atoms with E-state index in [1.807, 2.05) is 82.9 Å². The number of piperidine rings is 2. The number of carbonyl (C=O) groups excluding carboxylic acids is 2. The van der Waals surface area contributed by atoms with Gasteiger partial charge in [0.2, 0.25) is 0 Å². The molecule has 0 aliphatic carbocycles. The highest BCUT2D eigenvalue weighted by Gasteiger charge is 2.31. The SMILES string of the molecule is CC(C)n1cc(S(=O)(=O)CC2CCN(C(=O)OC(C)(C)C)CC2)cn1.CC(C)n1cc(SCC2CCN(C(=O)OC(C)(C)C)CC2)cn1.[2H]CF. The van der Waals surface area contributed by atoms with Crippen LogP contribution in [0.5, 0.6) is 0 Å². The van der Waals surface area contributed by atoms with Crippen molar-refractivity contribution in [3.63, 3.8) is 0 Å². The van der Waals surface area contributed by atoms with Gasteiger partial charge in [0.1, 0.15) is 16.1 Å². The summed E-state index contributed by atoms with van der Waals surface area (Å²) in [5.74, 6) is 1.89. The summed E-state index contributed by atoms with van der Waals surface area (Å²) in [4.78, 5) is 29.1. The largest absolute Gasteiger partial charge is 0.444 e. The van der Waals surface area contributed by atoms with Crippen molar-refractivity contribution in [2.24, 2.45) is 11.8 Å². The minimum absolute atomic E-state index is 0.0473. The smallest absolute Gasteiger partial charge is 0.410 e. The zero-order valence-corrected chi connectivity index (χ0v) is 33.4. The number of halogens is 1. The third-order valence-electron chi connectivity index (χ3n) is 8.05. The molecule has 50 heavy (non-hydrogen) atoms. The second kappa shape index (κ2) is 19.1. The van der Waals surface area contributed by atoms with Gasteiger partial charge < -0.3 is 19.3 Å². The predicted octanol–water partition coefficient (Wildman–Crippen LogP) is 7.67. The highest BCUT2D eigenvalue weighted by molar-refractivity contribution is 7.99. The first-order chi connectivity index (χ1) is 23.6. The predicted molar refractivity (Wildman–Crippen MR) is 196 cm³/mol. The monoisotopic (exact) mass is 745 g/mol. The Morgan fingerprint density at radius 3 is 1.66 bits per heavy atom.